The fraction of sp³-hybridized carbons (Fsp3) is 0.316. The Balaban J connectivity index is 2.21. The molecule has 0 aliphatic heterocycles. The average Bonchev–Trinajstić information content (AvgIpc) is 2.61. The van der Waals surface area contributed by atoms with Crippen LogP contribution in [0.2, 0.25) is 0 Å². The normalized spacial score (nSPS) is 11.7. The van der Waals surface area contributed by atoms with Crippen LogP contribution in [0.15, 0.2) is 36.4 Å². The maximum atomic E-state index is 14.2. The van der Waals surface area contributed by atoms with Crippen molar-refractivity contribution in [2.45, 2.75) is 19.9 Å². The van der Waals surface area contributed by atoms with Crippen molar-refractivity contribution < 1.29 is 19.0 Å². The van der Waals surface area contributed by atoms with Crippen molar-refractivity contribution in [2.24, 2.45) is 0 Å². The van der Waals surface area contributed by atoms with Crippen molar-refractivity contribution in [3.8, 4) is 5.75 Å². The van der Waals surface area contributed by atoms with Crippen LogP contribution in [0.4, 0.5) is 10.1 Å². The van der Waals surface area contributed by atoms with Crippen molar-refractivity contribution in [1.29, 1.82) is 0 Å². The summed E-state index contributed by atoms with van der Waals surface area (Å²) >= 11 is 0. The van der Waals surface area contributed by atoms with Gasteiger partial charge < -0.3 is 20.5 Å². The third-order valence-electron chi connectivity index (χ3n) is 4.02. The number of hydrogen-bond acceptors (Lipinski definition) is 4. The van der Waals surface area contributed by atoms with Gasteiger partial charge in [0, 0.05) is 29.4 Å². The molecule has 0 radical (unpaired) electrons. The van der Waals surface area contributed by atoms with E-state index in [9.17, 15) is 9.18 Å². The molecule has 25 heavy (non-hydrogen) atoms. The summed E-state index contributed by atoms with van der Waals surface area (Å²) in [5.74, 6) is -0.139. The summed E-state index contributed by atoms with van der Waals surface area (Å²) in [5.41, 5.74) is 2.54. The number of aliphatic hydroxyl groups excluding tert-OH is 1. The van der Waals surface area contributed by atoms with E-state index in [1.807, 2.05) is 19.9 Å². The third-order valence-corrected chi connectivity index (χ3v) is 4.02. The Morgan fingerprint density at radius 2 is 2.08 bits per heavy atom. The number of rotatable bonds is 7. The van der Waals surface area contributed by atoms with Crippen molar-refractivity contribution in [2.75, 3.05) is 25.6 Å². The number of anilines is 1. The Morgan fingerprint density at radius 1 is 1.32 bits per heavy atom. The zero-order chi connectivity index (χ0) is 18.4. The van der Waals surface area contributed by atoms with Crippen LogP contribution < -0.4 is 15.4 Å². The van der Waals surface area contributed by atoms with Crippen molar-refractivity contribution in [3.63, 3.8) is 0 Å². The summed E-state index contributed by atoms with van der Waals surface area (Å²) in [7, 11) is 1.49. The Kier molecular flexibility index (Phi) is 6.36. The van der Waals surface area contributed by atoms with Gasteiger partial charge in [-0.3, -0.25) is 4.79 Å². The molecule has 0 saturated heterocycles. The van der Waals surface area contributed by atoms with Gasteiger partial charge in [-0.25, -0.2) is 4.39 Å². The summed E-state index contributed by atoms with van der Waals surface area (Å²) < 4.78 is 19.2. The van der Waals surface area contributed by atoms with Gasteiger partial charge in [-0.05, 0) is 37.6 Å². The molecule has 0 fully saturated rings. The molecule has 0 aliphatic carbocycles. The molecule has 134 valence electrons. The first-order valence-electron chi connectivity index (χ1n) is 8.06. The molecule has 2 rings (SSSR count). The molecule has 1 amide bonds. The van der Waals surface area contributed by atoms with Gasteiger partial charge in [-0.15, -0.1) is 0 Å². The first kappa shape index (κ1) is 18.7. The largest absolute Gasteiger partial charge is 0.497 e. The van der Waals surface area contributed by atoms with E-state index >= 15 is 0 Å². The Hall–Kier alpha value is -2.60. The second-order valence-electron chi connectivity index (χ2n) is 5.71. The molecule has 6 heteroatoms. The van der Waals surface area contributed by atoms with E-state index in [1.54, 1.807) is 24.3 Å². The molecule has 2 aromatic carbocycles. The molecule has 3 N–H and O–H groups in total. The summed E-state index contributed by atoms with van der Waals surface area (Å²) in [6, 6.07) is 9.77. The first-order chi connectivity index (χ1) is 12.0. The fourth-order valence-corrected chi connectivity index (χ4v) is 2.60. The van der Waals surface area contributed by atoms with Gasteiger partial charge in [0.05, 0.1) is 19.8 Å². The lowest BCUT2D eigenvalue weighted by Crippen LogP contribution is -2.27. The minimum absolute atomic E-state index is 0.115. The summed E-state index contributed by atoms with van der Waals surface area (Å²) in [5, 5.41) is 14.7. The van der Waals surface area contributed by atoms with Crippen LogP contribution >= 0.6 is 0 Å². The number of carbonyl (C=O) groups excluding carboxylic acids is 1. The Labute approximate surface area is 146 Å². The lowest BCUT2D eigenvalue weighted by Gasteiger charge is -2.19. The van der Waals surface area contributed by atoms with E-state index in [2.05, 4.69) is 10.6 Å². The van der Waals surface area contributed by atoms with E-state index in [4.69, 9.17) is 9.84 Å². The number of aliphatic hydroxyl groups is 1. The lowest BCUT2D eigenvalue weighted by atomic mass is 10.0. The highest BCUT2D eigenvalue weighted by Gasteiger charge is 2.15. The number of benzene rings is 2. The predicted molar refractivity (Wildman–Crippen MR) is 95.6 cm³/mol. The SMILES string of the molecule is COc1ccc(C(C)Nc2cccc(C(=O)NCCO)c2C)c(F)c1. The quantitative estimate of drug-likeness (QED) is 0.721. The monoisotopic (exact) mass is 346 g/mol. The molecule has 0 bridgehead atoms. The van der Waals surface area contributed by atoms with E-state index in [0.29, 0.717) is 16.9 Å². The Bertz CT molecular complexity index is 749. The van der Waals surface area contributed by atoms with Crippen LogP contribution in [-0.4, -0.2) is 31.3 Å². The van der Waals surface area contributed by atoms with Crippen LogP contribution in [-0.2, 0) is 0 Å². The van der Waals surface area contributed by atoms with Gasteiger partial charge in [0.25, 0.3) is 5.91 Å². The lowest BCUT2D eigenvalue weighted by molar-refractivity contribution is 0.0944. The minimum Gasteiger partial charge on any atom is -0.497 e. The standard InChI is InChI=1S/C19H23FN2O3/c1-12-15(19(24)21-9-10-23)5-4-6-18(12)22-13(2)16-8-7-14(25-3)11-17(16)20/h4-8,11,13,22-23H,9-10H2,1-3H3,(H,21,24). The second-order valence-corrected chi connectivity index (χ2v) is 5.71. The third kappa shape index (κ3) is 4.48. The highest BCUT2D eigenvalue weighted by Crippen LogP contribution is 2.27. The predicted octanol–water partition coefficient (Wildman–Crippen LogP) is 3.04. The van der Waals surface area contributed by atoms with Crippen molar-refractivity contribution in [3.05, 3.63) is 58.9 Å². The van der Waals surface area contributed by atoms with Gasteiger partial charge in [-0.1, -0.05) is 12.1 Å². The summed E-state index contributed by atoms with van der Waals surface area (Å²) in [4.78, 5) is 12.1. The number of methoxy groups -OCH3 is 1. The molecule has 2 aromatic rings. The van der Waals surface area contributed by atoms with E-state index in [-0.39, 0.29) is 30.9 Å². The van der Waals surface area contributed by atoms with Gasteiger partial charge >= 0.3 is 0 Å². The second kappa shape index (κ2) is 8.48. The molecule has 0 heterocycles. The van der Waals surface area contributed by atoms with Crippen LogP contribution in [0.3, 0.4) is 0 Å². The smallest absolute Gasteiger partial charge is 0.251 e. The van der Waals surface area contributed by atoms with Gasteiger partial charge in [-0.2, -0.15) is 0 Å². The number of amides is 1. The van der Waals surface area contributed by atoms with Crippen molar-refractivity contribution >= 4 is 11.6 Å². The molecule has 0 aromatic heterocycles. The number of carbonyl (C=O) groups is 1. The first-order valence-corrected chi connectivity index (χ1v) is 8.06. The number of ether oxygens (including phenoxy) is 1. The van der Waals surface area contributed by atoms with Crippen LogP contribution in [0.5, 0.6) is 5.75 Å². The topological polar surface area (TPSA) is 70.6 Å². The van der Waals surface area contributed by atoms with Gasteiger partial charge in [0.2, 0.25) is 0 Å². The van der Waals surface area contributed by atoms with E-state index < -0.39 is 0 Å². The fourth-order valence-electron chi connectivity index (χ4n) is 2.60. The highest BCUT2D eigenvalue weighted by atomic mass is 19.1. The van der Waals surface area contributed by atoms with E-state index in [1.165, 1.54) is 13.2 Å². The number of halogens is 1. The molecule has 0 saturated carbocycles. The van der Waals surface area contributed by atoms with Crippen LogP contribution in [0, 0.1) is 12.7 Å². The van der Waals surface area contributed by atoms with Gasteiger partial charge in [0.15, 0.2) is 0 Å². The Morgan fingerprint density at radius 3 is 2.72 bits per heavy atom. The zero-order valence-electron chi connectivity index (χ0n) is 14.6. The van der Waals surface area contributed by atoms with Gasteiger partial charge in [0.1, 0.15) is 11.6 Å². The molecule has 5 nitrogen and oxygen atoms in total. The summed E-state index contributed by atoms with van der Waals surface area (Å²) in [6.45, 7) is 3.76. The maximum Gasteiger partial charge on any atom is 0.251 e. The number of nitrogens with one attached hydrogen (secondary N) is 2. The number of hydrogen-bond donors (Lipinski definition) is 3. The minimum atomic E-state index is -0.353. The molecule has 0 aliphatic rings. The van der Waals surface area contributed by atoms with Crippen LogP contribution in [0.25, 0.3) is 0 Å². The van der Waals surface area contributed by atoms with E-state index in [0.717, 1.165) is 11.3 Å². The molecule has 0 spiro atoms. The van der Waals surface area contributed by atoms with Crippen LogP contribution in [0.1, 0.15) is 34.5 Å². The molecular formula is C19H23FN2O3. The average molecular weight is 346 g/mol. The molecular weight excluding hydrogens is 323 g/mol. The van der Waals surface area contributed by atoms with Crippen molar-refractivity contribution in [1.82, 2.24) is 5.32 Å². The highest BCUT2D eigenvalue weighted by molar-refractivity contribution is 5.97. The summed E-state index contributed by atoms with van der Waals surface area (Å²) in [6.07, 6.45) is 0. The molecule has 1 atom stereocenters. The maximum absolute atomic E-state index is 14.2. The zero-order valence-corrected chi connectivity index (χ0v) is 14.6. The molecule has 1 unspecified atom stereocenters.